The number of aromatic nitrogens is 2. The Morgan fingerprint density at radius 3 is 3.00 bits per heavy atom. The van der Waals surface area contributed by atoms with Crippen molar-refractivity contribution in [2.75, 3.05) is 30.4 Å². The van der Waals surface area contributed by atoms with Crippen molar-refractivity contribution in [2.45, 2.75) is 20.3 Å². The molecule has 1 aromatic carbocycles. The highest BCUT2D eigenvalue weighted by Gasteiger charge is 2.16. The Kier molecular flexibility index (Phi) is 3.75. The second kappa shape index (κ2) is 5.71. The molecule has 2 heterocycles. The molecule has 0 bridgehead atoms. The standard InChI is InChI=1S/C16H20N4O2/c1-10-13(11(2)19-18-10)9-16(21)17-12-4-5-15-14(8-12)20(3)6-7-22-15/h4-5,8H,6-7,9H2,1-3H3,(H,17,21)(H,18,19). The summed E-state index contributed by atoms with van der Waals surface area (Å²) in [7, 11) is 2.02. The number of carbonyl (C=O) groups excluding carboxylic acids is 1. The number of aryl methyl sites for hydroxylation is 2. The number of nitrogens with one attached hydrogen (secondary N) is 2. The summed E-state index contributed by atoms with van der Waals surface area (Å²) in [6.45, 7) is 5.36. The zero-order valence-corrected chi connectivity index (χ0v) is 13.1. The van der Waals surface area contributed by atoms with Gasteiger partial charge in [0.25, 0.3) is 0 Å². The van der Waals surface area contributed by atoms with E-state index in [1.807, 2.05) is 39.1 Å². The lowest BCUT2D eigenvalue weighted by Gasteiger charge is -2.28. The molecule has 0 saturated heterocycles. The van der Waals surface area contributed by atoms with E-state index < -0.39 is 0 Å². The number of hydrogen-bond acceptors (Lipinski definition) is 4. The smallest absolute Gasteiger partial charge is 0.228 e. The minimum Gasteiger partial charge on any atom is -0.490 e. The third kappa shape index (κ3) is 2.77. The molecule has 1 aromatic heterocycles. The number of fused-ring (bicyclic) bond motifs is 1. The van der Waals surface area contributed by atoms with Gasteiger partial charge in [-0.25, -0.2) is 0 Å². The van der Waals surface area contributed by atoms with Gasteiger partial charge in [-0.1, -0.05) is 0 Å². The van der Waals surface area contributed by atoms with E-state index in [2.05, 4.69) is 20.4 Å². The fourth-order valence-corrected chi connectivity index (χ4v) is 2.63. The Morgan fingerprint density at radius 2 is 2.27 bits per heavy atom. The Bertz CT molecular complexity index is 689. The van der Waals surface area contributed by atoms with Crippen LogP contribution < -0.4 is 15.0 Å². The predicted molar refractivity (Wildman–Crippen MR) is 85.6 cm³/mol. The number of nitrogens with zero attached hydrogens (tertiary/aromatic N) is 2. The summed E-state index contributed by atoms with van der Waals surface area (Å²) in [5.41, 5.74) is 4.54. The van der Waals surface area contributed by atoms with Crippen LogP contribution in [0.5, 0.6) is 5.75 Å². The van der Waals surface area contributed by atoms with E-state index >= 15 is 0 Å². The molecule has 6 heteroatoms. The predicted octanol–water partition coefficient (Wildman–Crippen LogP) is 2.04. The Labute approximate surface area is 129 Å². The molecule has 2 aromatic rings. The first-order chi connectivity index (χ1) is 10.5. The molecule has 0 aliphatic carbocycles. The second-order valence-electron chi connectivity index (χ2n) is 5.59. The van der Waals surface area contributed by atoms with Crippen molar-refractivity contribution < 1.29 is 9.53 Å². The van der Waals surface area contributed by atoms with Gasteiger partial charge in [0.2, 0.25) is 5.91 Å². The van der Waals surface area contributed by atoms with Gasteiger partial charge >= 0.3 is 0 Å². The molecule has 22 heavy (non-hydrogen) atoms. The van der Waals surface area contributed by atoms with Gasteiger partial charge in [0.1, 0.15) is 12.4 Å². The first-order valence-electron chi connectivity index (χ1n) is 7.33. The molecule has 0 spiro atoms. The lowest BCUT2D eigenvalue weighted by molar-refractivity contribution is -0.115. The maximum absolute atomic E-state index is 12.2. The van der Waals surface area contributed by atoms with Crippen LogP contribution in [-0.2, 0) is 11.2 Å². The van der Waals surface area contributed by atoms with Crippen molar-refractivity contribution in [1.29, 1.82) is 0 Å². The van der Waals surface area contributed by atoms with Crippen molar-refractivity contribution >= 4 is 17.3 Å². The maximum atomic E-state index is 12.2. The quantitative estimate of drug-likeness (QED) is 0.910. The fraction of sp³-hybridized carbons (Fsp3) is 0.375. The summed E-state index contributed by atoms with van der Waals surface area (Å²) in [5, 5.41) is 9.96. The van der Waals surface area contributed by atoms with Gasteiger partial charge in [-0.3, -0.25) is 9.89 Å². The number of rotatable bonds is 3. The monoisotopic (exact) mass is 300 g/mol. The lowest BCUT2D eigenvalue weighted by atomic mass is 10.1. The average molecular weight is 300 g/mol. The van der Waals surface area contributed by atoms with Crippen molar-refractivity contribution in [3.8, 4) is 5.75 Å². The number of anilines is 2. The molecule has 0 unspecified atom stereocenters. The Morgan fingerprint density at radius 1 is 1.45 bits per heavy atom. The third-order valence-corrected chi connectivity index (χ3v) is 3.96. The molecular weight excluding hydrogens is 280 g/mol. The second-order valence-corrected chi connectivity index (χ2v) is 5.59. The van der Waals surface area contributed by atoms with Crippen LogP contribution in [0.3, 0.4) is 0 Å². The molecular formula is C16H20N4O2. The molecule has 0 atom stereocenters. The Hall–Kier alpha value is -2.50. The number of carbonyl (C=O) groups is 1. The van der Waals surface area contributed by atoms with E-state index in [4.69, 9.17) is 4.74 Å². The highest BCUT2D eigenvalue weighted by atomic mass is 16.5. The van der Waals surface area contributed by atoms with Gasteiger partial charge in [-0.2, -0.15) is 5.10 Å². The molecule has 0 radical (unpaired) electrons. The molecule has 1 aliphatic rings. The molecule has 3 rings (SSSR count). The summed E-state index contributed by atoms with van der Waals surface area (Å²) >= 11 is 0. The van der Waals surface area contributed by atoms with Gasteiger partial charge in [0.15, 0.2) is 0 Å². The van der Waals surface area contributed by atoms with Gasteiger partial charge in [-0.15, -0.1) is 0 Å². The molecule has 6 nitrogen and oxygen atoms in total. The van der Waals surface area contributed by atoms with Gasteiger partial charge in [0, 0.05) is 24.0 Å². The van der Waals surface area contributed by atoms with Crippen LogP contribution in [0.4, 0.5) is 11.4 Å². The number of hydrogen-bond donors (Lipinski definition) is 2. The maximum Gasteiger partial charge on any atom is 0.228 e. The highest BCUT2D eigenvalue weighted by Crippen LogP contribution is 2.33. The van der Waals surface area contributed by atoms with Crippen molar-refractivity contribution in [2.24, 2.45) is 0 Å². The summed E-state index contributed by atoms with van der Waals surface area (Å²) in [5.74, 6) is 0.806. The van der Waals surface area contributed by atoms with Crippen LogP contribution in [-0.4, -0.2) is 36.3 Å². The minimum atomic E-state index is -0.0491. The SMILES string of the molecule is Cc1n[nH]c(C)c1CC(=O)Nc1ccc2c(c1)N(C)CCO2. The zero-order chi connectivity index (χ0) is 15.7. The topological polar surface area (TPSA) is 70.2 Å². The lowest BCUT2D eigenvalue weighted by Crippen LogP contribution is -2.28. The zero-order valence-electron chi connectivity index (χ0n) is 13.1. The van der Waals surface area contributed by atoms with E-state index in [1.165, 1.54) is 0 Å². The van der Waals surface area contributed by atoms with E-state index in [0.29, 0.717) is 13.0 Å². The molecule has 1 amide bonds. The van der Waals surface area contributed by atoms with Crippen molar-refractivity contribution in [3.05, 3.63) is 35.2 Å². The highest BCUT2D eigenvalue weighted by molar-refractivity contribution is 5.93. The van der Waals surface area contributed by atoms with E-state index in [0.717, 1.165) is 40.6 Å². The molecule has 0 fully saturated rings. The number of ether oxygens (including phenoxy) is 1. The minimum absolute atomic E-state index is 0.0491. The molecule has 116 valence electrons. The van der Waals surface area contributed by atoms with Crippen LogP contribution in [0.1, 0.15) is 17.0 Å². The Balaban J connectivity index is 1.73. The number of amides is 1. The van der Waals surface area contributed by atoms with Crippen LogP contribution in [0.2, 0.25) is 0 Å². The van der Waals surface area contributed by atoms with Crippen molar-refractivity contribution in [3.63, 3.8) is 0 Å². The molecule has 0 saturated carbocycles. The number of likely N-dealkylation sites (N-methyl/N-ethyl adjacent to an activating group) is 1. The van der Waals surface area contributed by atoms with Crippen molar-refractivity contribution in [1.82, 2.24) is 10.2 Å². The van der Waals surface area contributed by atoms with E-state index in [-0.39, 0.29) is 5.91 Å². The largest absolute Gasteiger partial charge is 0.490 e. The molecule has 1 aliphatic heterocycles. The first kappa shape index (κ1) is 14.4. The fourth-order valence-electron chi connectivity index (χ4n) is 2.63. The summed E-state index contributed by atoms with van der Waals surface area (Å²) in [6.07, 6.45) is 0.317. The van der Waals surface area contributed by atoms with Crippen LogP contribution in [0, 0.1) is 13.8 Å². The summed E-state index contributed by atoms with van der Waals surface area (Å²) in [4.78, 5) is 14.4. The van der Waals surface area contributed by atoms with Gasteiger partial charge in [-0.05, 0) is 32.0 Å². The van der Waals surface area contributed by atoms with Gasteiger partial charge in [0.05, 0.1) is 24.3 Å². The summed E-state index contributed by atoms with van der Waals surface area (Å²) in [6, 6.07) is 5.71. The van der Waals surface area contributed by atoms with E-state index in [1.54, 1.807) is 0 Å². The first-order valence-corrected chi connectivity index (χ1v) is 7.33. The number of aromatic amines is 1. The van der Waals surface area contributed by atoms with Crippen LogP contribution in [0.25, 0.3) is 0 Å². The van der Waals surface area contributed by atoms with Crippen LogP contribution in [0.15, 0.2) is 18.2 Å². The normalized spacial score (nSPS) is 13.5. The number of benzene rings is 1. The number of H-pyrrole nitrogens is 1. The molecule has 2 N–H and O–H groups in total. The summed E-state index contributed by atoms with van der Waals surface area (Å²) < 4.78 is 5.60. The van der Waals surface area contributed by atoms with Gasteiger partial charge < -0.3 is 15.0 Å². The average Bonchev–Trinajstić information content (AvgIpc) is 2.80. The third-order valence-electron chi connectivity index (χ3n) is 3.96. The van der Waals surface area contributed by atoms with Crippen LogP contribution >= 0.6 is 0 Å². The van der Waals surface area contributed by atoms with E-state index in [9.17, 15) is 4.79 Å².